The fourth-order valence-electron chi connectivity index (χ4n) is 3.93. The molecule has 0 amide bonds. The second kappa shape index (κ2) is 8.04. The van der Waals surface area contributed by atoms with Gasteiger partial charge in [-0.3, -0.25) is 4.79 Å². The van der Waals surface area contributed by atoms with Crippen molar-refractivity contribution in [3.05, 3.63) is 12.2 Å². The SMILES string of the molecule is C/C=C\[C@H](C)[C@H]1O[C@]1(C)[C@@H](O)[C@@H](CO)C(=O)[C@@H]1COC(O)(CC)C[C@@H]1O. The summed E-state index contributed by atoms with van der Waals surface area (Å²) in [5.41, 5.74) is -0.924. The highest BCUT2D eigenvalue weighted by atomic mass is 16.6. The lowest BCUT2D eigenvalue weighted by molar-refractivity contribution is -0.258. The van der Waals surface area contributed by atoms with Crippen LogP contribution in [0.5, 0.6) is 0 Å². The minimum absolute atomic E-state index is 0.0669. The summed E-state index contributed by atoms with van der Waals surface area (Å²) in [6.07, 6.45) is 1.55. The van der Waals surface area contributed by atoms with Gasteiger partial charge in [-0.15, -0.1) is 0 Å². The molecule has 8 atom stereocenters. The molecule has 0 bridgehead atoms. The summed E-state index contributed by atoms with van der Waals surface area (Å²) in [5, 5.41) is 40.9. The predicted octanol–water partition coefficient (Wildman–Crippen LogP) is 0.391. The van der Waals surface area contributed by atoms with E-state index in [1.165, 1.54) is 0 Å². The zero-order valence-electron chi connectivity index (χ0n) is 16.0. The number of ketones is 1. The average Bonchev–Trinajstić information content (AvgIpc) is 3.29. The van der Waals surface area contributed by atoms with Crippen molar-refractivity contribution >= 4 is 5.78 Å². The van der Waals surface area contributed by atoms with Crippen LogP contribution in [0.15, 0.2) is 12.2 Å². The molecule has 2 saturated heterocycles. The lowest BCUT2D eigenvalue weighted by Gasteiger charge is -2.39. The van der Waals surface area contributed by atoms with Gasteiger partial charge >= 0.3 is 0 Å². The number of hydrogen-bond acceptors (Lipinski definition) is 7. The molecule has 0 aliphatic carbocycles. The first kappa shape index (κ1) is 21.5. The van der Waals surface area contributed by atoms with E-state index < -0.39 is 47.8 Å². The first-order valence-corrected chi connectivity index (χ1v) is 9.31. The van der Waals surface area contributed by atoms with Crippen LogP contribution in [0.4, 0.5) is 0 Å². The molecule has 0 spiro atoms. The second-order valence-corrected chi connectivity index (χ2v) is 7.73. The van der Waals surface area contributed by atoms with Crippen LogP contribution in [0, 0.1) is 17.8 Å². The van der Waals surface area contributed by atoms with Crippen LogP contribution < -0.4 is 0 Å². The summed E-state index contributed by atoms with van der Waals surface area (Å²) < 4.78 is 11.0. The zero-order chi connectivity index (χ0) is 19.7. The summed E-state index contributed by atoms with van der Waals surface area (Å²) >= 11 is 0. The van der Waals surface area contributed by atoms with Crippen LogP contribution in [0.3, 0.4) is 0 Å². The molecule has 1 unspecified atom stereocenters. The molecule has 2 fully saturated rings. The van der Waals surface area contributed by atoms with Crippen LogP contribution in [0.1, 0.15) is 40.5 Å². The Balaban J connectivity index is 2.07. The number of aliphatic hydroxyl groups is 4. The minimum atomic E-state index is -1.44. The molecule has 2 rings (SSSR count). The molecule has 0 aromatic rings. The van der Waals surface area contributed by atoms with Crippen molar-refractivity contribution in [3.8, 4) is 0 Å². The van der Waals surface area contributed by atoms with Gasteiger partial charge in [0.2, 0.25) is 0 Å². The van der Waals surface area contributed by atoms with Gasteiger partial charge in [-0.05, 0) is 20.3 Å². The van der Waals surface area contributed by atoms with Crippen molar-refractivity contribution in [2.24, 2.45) is 17.8 Å². The van der Waals surface area contributed by atoms with Crippen molar-refractivity contribution < 1.29 is 34.7 Å². The Kier molecular flexibility index (Phi) is 6.64. The van der Waals surface area contributed by atoms with Gasteiger partial charge in [0.05, 0.1) is 43.4 Å². The lowest BCUT2D eigenvalue weighted by Crippen LogP contribution is -2.53. The molecule has 0 aromatic carbocycles. The molecule has 2 aliphatic rings. The average molecular weight is 372 g/mol. The van der Waals surface area contributed by atoms with Gasteiger partial charge < -0.3 is 29.9 Å². The summed E-state index contributed by atoms with van der Waals surface area (Å²) in [6, 6.07) is 0. The highest BCUT2D eigenvalue weighted by Gasteiger charge is 2.62. The van der Waals surface area contributed by atoms with E-state index in [4.69, 9.17) is 9.47 Å². The molecule has 0 radical (unpaired) electrons. The standard InChI is InChI=1S/C19H32O7/c1-5-7-11(3)17-18(4,26-17)16(23)12(9-20)15(22)13-10-25-19(24,6-2)8-14(13)21/h5,7,11-14,16-17,20-21,23-24H,6,8-10H2,1-4H3/b7-5-/t11-,12-,13+,14-,16-,17+,18+,19?/m0/s1. The number of carbonyl (C=O) groups excluding carboxylic acids is 1. The fraction of sp³-hybridized carbons (Fsp3) is 0.842. The largest absolute Gasteiger partial charge is 0.396 e. The Bertz CT molecular complexity index is 536. The fourth-order valence-corrected chi connectivity index (χ4v) is 3.93. The third-order valence-corrected chi connectivity index (χ3v) is 5.83. The van der Waals surface area contributed by atoms with Crippen molar-refractivity contribution in [2.45, 2.75) is 70.2 Å². The van der Waals surface area contributed by atoms with Crippen LogP contribution in [0.25, 0.3) is 0 Å². The molecular formula is C19H32O7. The molecule has 7 nitrogen and oxygen atoms in total. The van der Waals surface area contributed by atoms with Gasteiger partial charge in [-0.1, -0.05) is 26.0 Å². The molecule has 26 heavy (non-hydrogen) atoms. The monoisotopic (exact) mass is 372 g/mol. The second-order valence-electron chi connectivity index (χ2n) is 7.73. The smallest absolute Gasteiger partial charge is 0.167 e. The maximum atomic E-state index is 12.8. The number of aliphatic hydroxyl groups excluding tert-OH is 3. The number of rotatable bonds is 8. The Morgan fingerprint density at radius 1 is 1.42 bits per heavy atom. The van der Waals surface area contributed by atoms with Gasteiger partial charge in [0.15, 0.2) is 5.79 Å². The maximum absolute atomic E-state index is 12.8. The molecule has 2 aliphatic heterocycles. The third kappa shape index (κ3) is 4.03. The Hall–Kier alpha value is -0.830. The van der Waals surface area contributed by atoms with Gasteiger partial charge in [-0.2, -0.15) is 0 Å². The maximum Gasteiger partial charge on any atom is 0.167 e. The van der Waals surface area contributed by atoms with Crippen LogP contribution in [0.2, 0.25) is 0 Å². The zero-order valence-corrected chi connectivity index (χ0v) is 16.0. The molecular weight excluding hydrogens is 340 g/mol. The predicted molar refractivity (Wildman–Crippen MR) is 94.2 cm³/mol. The highest BCUT2D eigenvalue weighted by molar-refractivity contribution is 5.85. The molecule has 0 saturated carbocycles. The molecule has 150 valence electrons. The molecule has 2 heterocycles. The van der Waals surface area contributed by atoms with Crippen molar-refractivity contribution in [1.29, 1.82) is 0 Å². The highest BCUT2D eigenvalue weighted by Crippen LogP contribution is 2.47. The summed E-state index contributed by atoms with van der Waals surface area (Å²) in [5.74, 6) is -3.83. The number of Topliss-reactive ketones (excluding diaryl/α,β-unsaturated/α-hetero) is 1. The summed E-state index contributed by atoms with van der Waals surface area (Å²) in [6.45, 7) is 6.61. The van der Waals surface area contributed by atoms with Crippen LogP contribution in [-0.4, -0.2) is 69.1 Å². The number of allylic oxidation sites excluding steroid dienone is 1. The van der Waals surface area contributed by atoms with Crippen molar-refractivity contribution in [2.75, 3.05) is 13.2 Å². The Labute approximate surface area is 154 Å². The molecule has 0 aromatic heterocycles. The van der Waals surface area contributed by atoms with Gasteiger partial charge in [0.25, 0.3) is 0 Å². The van der Waals surface area contributed by atoms with Gasteiger partial charge in [-0.25, -0.2) is 0 Å². The van der Waals surface area contributed by atoms with Crippen LogP contribution in [-0.2, 0) is 14.3 Å². The number of hydrogen-bond donors (Lipinski definition) is 4. The van der Waals surface area contributed by atoms with Crippen molar-refractivity contribution in [3.63, 3.8) is 0 Å². The normalized spacial score (nSPS) is 41.0. The third-order valence-electron chi connectivity index (χ3n) is 5.83. The van der Waals surface area contributed by atoms with E-state index in [0.717, 1.165) is 0 Å². The molecule has 4 N–H and O–H groups in total. The van der Waals surface area contributed by atoms with Gasteiger partial charge in [0.1, 0.15) is 11.4 Å². The number of epoxide rings is 1. The van der Waals surface area contributed by atoms with E-state index in [9.17, 15) is 25.2 Å². The van der Waals surface area contributed by atoms with E-state index in [0.29, 0.717) is 6.42 Å². The van der Waals surface area contributed by atoms with Crippen LogP contribution >= 0.6 is 0 Å². The molecule has 7 heteroatoms. The van der Waals surface area contributed by atoms with Crippen molar-refractivity contribution in [1.82, 2.24) is 0 Å². The van der Waals surface area contributed by atoms with E-state index in [1.807, 2.05) is 26.0 Å². The summed E-state index contributed by atoms with van der Waals surface area (Å²) in [7, 11) is 0. The van der Waals surface area contributed by atoms with E-state index in [-0.39, 0.29) is 25.0 Å². The first-order chi connectivity index (χ1) is 12.1. The first-order valence-electron chi connectivity index (χ1n) is 9.31. The quantitative estimate of drug-likeness (QED) is 0.359. The summed E-state index contributed by atoms with van der Waals surface area (Å²) in [4.78, 5) is 12.8. The van der Waals surface area contributed by atoms with E-state index in [1.54, 1.807) is 13.8 Å². The topological polar surface area (TPSA) is 120 Å². The number of ether oxygens (including phenoxy) is 2. The van der Waals surface area contributed by atoms with E-state index >= 15 is 0 Å². The lowest BCUT2D eigenvalue weighted by atomic mass is 9.78. The van der Waals surface area contributed by atoms with E-state index in [2.05, 4.69) is 0 Å². The Morgan fingerprint density at radius 3 is 2.58 bits per heavy atom. The Morgan fingerprint density at radius 2 is 2.08 bits per heavy atom. The number of carbonyl (C=O) groups is 1. The van der Waals surface area contributed by atoms with Gasteiger partial charge in [0, 0.05) is 12.3 Å². The minimum Gasteiger partial charge on any atom is -0.396 e.